The number of nitrogens with zero attached hydrogens (tertiary/aromatic N) is 7. The maximum Gasteiger partial charge on any atom is 0.409 e. The topological polar surface area (TPSA) is 92.2 Å². The largest absolute Gasteiger partial charge is 0.449 e. The van der Waals surface area contributed by atoms with Crippen molar-refractivity contribution in [3.8, 4) is 22.4 Å². The van der Waals surface area contributed by atoms with Crippen LogP contribution < -0.4 is 0 Å². The van der Waals surface area contributed by atoms with E-state index in [4.69, 9.17) is 31.3 Å². The van der Waals surface area contributed by atoms with Crippen molar-refractivity contribution < 1.29 is 14.3 Å². The summed E-state index contributed by atoms with van der Waals surface area (Å²) in [5.41, 5.74) is 8.23. The van der Waals surface area contributed by atoms with E-state index in [-0.39, 0.29) is 23.8 Å². The van der Waals surface area contributed by atoms with Gasteiger partial charge in [0.2, 0.25) is 0 Å². The van der Waals surface area contributed by atoms with Crippen LogP contribution in [-0.4, -0.2) is 66.6 Å². The molecular formula is C36H42ClN7O3. The molecule has 5 heterocycles. The maximum absolute atomic E-state index is 12.5. The van der Waals surface area contributed by atoms with E-state index in [1.807, 2.05) is 33.7 Å². The predicted molar refractivity (Wildman–Crippen MR) is 183 cm³/mol. The molecule has 8 rings (SSSR count). The molecule has 3 fully saturated rings. The van der Waals surface area contributed by atoms with Gasteiger partial charge >= 0.3 is 6.09 Å². The SMILES string of the molecule is CCCCOC(=O)N1CC2(CC(n3nc(-c4ccc5c(cnn5C)c4)c(-c4c(Cl)c(C)cc5c4cnn5C4CCCCO4)c3C)C2)C1. The first-order valence-corrected chi connectivity index (χ1v) is 17.4. The summed E-state index contributed by atoms with van der Waals surface area (Å²) in [6.07, 6.45) is 10.6. The molecule has 47 heavy (non-hydrogen) atoms. The van der Waals surface area contributed by atoms with E-state index in [0.29, 0.717) is 11.6 Å². The smallest absolute Gasteiger partial charge is 0.409 e. The summed E-state index contributed by atoms with van der Waals surface area (Å²) in [5.74, 6) is 0. The minimum absolute atomic E-state index is 0.0805. The number of fused-ring (bicyclic) bond motifs is 2. The standard InChI is InChI=1S/C36H42ClN7O3/c1-5-6-12-47-35(45)42-20-36(21-42)16-26(17-36)43-23(3)31(34(40-43)24-10-11-28-25(15-24)18-38-41(28)4)32-27-19-39-44(30-9-7-8-13-46-30)29(27)14-22(2)33(32)37/h10-11,14-15,18-19,26,30H,5-9,12-13,16-17,20-21H2,1-4H3. The highest BCUT2D eigenvalue weighted by Crippen LogP contribution is 2.55. The number of rotatable bonds is 7. The third kappa shape index (κ3) is 5.03. The van der Waals surface area contributed by atoms with Crippen LogP contribution in [0.4, 0.5) is 4.79 Å². The van der Waals surface area contributed by atoms with E-state index in [9.17, 15) is 4.79 Å². The van der Waals surface area contributed by atoms with Crippen LogP contribution in [0.3, 0.4) is 0 Å². The lowest BCUT2D eigenvalue weighted by molar-refractivity contribution is -0.0825. The summed E-state index contributed by atoms with van der Waals surface area (Å²) >= 11 is 7.27. The molecule has 246 valence electrons. The van der Waals surface area contributed by atoms with Crippen molar-refractivity contribution in [2.45, 2.75) is 78.0 Å². The molecule has 0 radical (unpaired) electrons. The summed E-state index contributed by atoms with van der Waals surface area (Å²) in [4.78, 5) is 14.4. The van der Waals surface area contributed by atoms with Gasteiger partial charge in [-0.25, -0.2) is 9.48 Å². The Kier molecular flexibility index (Phi) is 7.56. The molecule has 10 nitrogen and oxygen atoms in total. The lowest BCUT2D eigenvalue weighted by atomic mass is 9.61. The molecule has 1 saturated carbocycles. The number of aromatic nitrogens is 6. The number of ether oxygens (including phenoxy) is 2. The molecule has 2 aromatic carbocycles. The van der Waals surface area contributed by atoms with Crippen molar-refractivity contribution >= 4 is 39.5 Å². The van der Waals surface area contributed by atoms with Crippen LogP contribution in [0.1, 0.15) is 75.4 Å². The number of halogens is 1. The second-order valence-electron chi connectivity index (χ2n) is 13.9. The molecule has 5 aromatic rings. The molecule has 1 unspecified atom stereocenters. The molecule has 11 heteroatoms. The Bertz CT molecular complexity index is 1990. The minimum atomic E-state index is -0.185. The highest BCUT2D eigenvalue weighted by atomic mass is 35.5. The normalized spacial score (nSPS) is 19.4. The third-order valence-electron chi connectivity index (χ3n) is 10.6. The number of carbonyl (C=O) groups excluding carboxylic acids is 1. The van der Waals surface area contributed by atoms with Crippen LogP contribution in [-0.2, 0) is 16.5 Å². The van der Waals surface area contributed by atoms with Crippen LogP contribution in [0.2, 0.25) is 5.02 Å². The van der Waals surface area contributed by atoms with Crippen LogP contribution in [0.15, 0.2) is 36.7 Å². The molecule has 2 aliphatic heterocycles. The fourth-order valence-corrected chi connectivity index (χ4v) is 8.28. The van der Waals surface area contributed by atoms with Gasteiger partial charge in [-0.05, 0) is 76.1 Å². The Morgan fingerprint density at radius 2 is 1.89 bits per heavy atom. The van der Waals surface area contributed by atoms with Crippen LogP contribution >= 0.6 is 11.6 Å². The van der Waals surface area contributed by atoms with Crippen molar-refractivity contribution in [3.63, 3.8) is 0 Å². The number of aryl methyl sites for hydroxylation is 2. The van der Waals surface area contributed by atoms with Gasteiger partial charge in [-0.15, -0.1) is 0 Å². The molecule has 1 amide bonds. The van der Waals surface area contributed by atoms with E-state index in [1.165, 1.54) is 0 Å². The van der Waals surface area contributed by atoms with E-state index in [2.05, 4.69) is 54.8 Å². The number of hydrogen-bond donors (Lipinski definition) is 0. The Hall–Kier alpha value is -3.89. The number of unbranched alkanes of at least 4 members (excludes halogenated alkanes) is 1. The van der Waals surface area contributed by atoms with Crippen LogP contribution in [0.25, 0.3) is 44.2 Å². The van der Waals surface area contributed by atoms with E-state index in [1.54, 1.807) is 0 Å². The molecule has 3 aromatic heterocycles. The first kappa shape index (κ1) is 30.4. The van der Waals surface area contributed by atoms with Crippen LogP contribution in [0, 0.1) is 19.3 Å². The lowest BCUT2D eigenvalue weighted by Crippen LogP contribution is -2.64. The molecule has 0 N–H and O–H groups in total. The first-order valence-electron chi connectivity index (χ1n) is 17.0. The Morgan fingerprint density at radius 3 is 2.66 bits per heavy atom. The number of carbonyl (C=O) groups is 1. The monoisotopic (exact) mass is 655 g/mol. The molecule has 1 aliphatic carbocycles. The zero-order valence-corrected chi connectivity index (χ0v) is 28.4. The summed E-state index contributed by atoms with van der Waals surface area (Å²) in [5, 5.41) is 17.5. The van der Waals surface area contributed by atoms with E-state index < -0.39 is 0 Å². The van der Waals surface area contributed by atoms with Crippen molar-refractivity contribution in [3.05, 3.63) is 52.9 Å². The highest BCUT2D eigenvalue weighted by molar-refractivity contribution is 6.36. The molecule has 1 spiro atoms. The van der Waals surface area contributed by atoms with E-state index in [0.717, 1.165) is 120 Å². The van der Waals surface area contributed by atoms with Gasteiger partial charge in [0.05, 0.1) is 41.1 Å². The summed E-state index contributed by atoms with van der Waals surface area (Å²) in [6.45, 7) is 9.07. The number of benzene rings is 2. The fraction of sp³-hybridized carbons (Fsp3) is 0.500. The summed E-state index contributed by atoms with van der Waals surface area (Å²) in [7, 11) is 1.96. The molecule has 2 saturated heterocycles. The zero-order valence-electron chi connectivity index (χ0n) is 27.6. The van der Waals surface area contributed by atoms with Gasteiger partial charge in [-0.1, -0.05) is 31.0 Å². The lowest BCUT2D eigenvalue weighted by Gasteiger charge is -2.58. The highest BCUT2D eigenvalue weighted by Gasteiger charge is 2.55. The Labute approximate surface area is 279 Å². The van der Waals surface area contributed by atoms with Gasteiger partial charge < -0.3 is 14.4 Å². The van der Waals surface area contributed by atoms with Gasteiger partial charge in [0.25, 0.3) is 0 Å². The van der Waals surface area contributed by atoms with Crippen LogP contribution in [0.5, 0.6) is 0 Å². The number of hydrogen-bond acceptors (Lipinski definition) is 6. The second kappa shape index (κ2) is 11.7. The van der Waals surface area contributed by atoms with Crippen molar-refractivity contribution in [1.82, 2.24) is 34.2 Å². The maximum atomic E-state index is 12.5. The van der Waals surface area contributed by atoms with Gasteiger partial charge in [-0.2, -0.15) is 15.3 Å². The van der Waals surface area contributed by atoms with Crippen molar-refractivity contribution in [2.24, 2.45) is 12.5 Å². The van der Waals surface area contributed by atoms with E-state index >= 15 is 0 Å². The number of amides is 1. The zero-order chi connectivity index (χ0) is 32.4. The van der Waals surface area contributed by atoms with Gasteiger partial charge in [0.1, 0.15) is 5.69 Å². The second-order valence-corrected chi connectivity index (χ2v) is 14.3. The van der Waals surface area contributed by atoms with Gasteiger partial charge in [0.15, 0.2) is 6.23 Å². The molecule has 1 atom stereocenters. The molecular weight excluding hydrogens is 614 g/mol. The van der Waals surface area contributed by atoms with Crippen molar-refractivity contribution in [1.29, 1.82) is 0 Å². The summed E-state index contributed by atoms with van der Waals surface area (Å²) < 4.78 is 17.8. The summed E-state index contributed by atoms with van der Waals surface area (Å²) in [6, 6.07) is 8.80. The minimum Gasteiger partial charge on any atom is -0.449 e. The Balaban J connectivity index is 1.19. The average Bonchev–Trinajstić information content (AvgIpc) is 3.72. The molecule has 3 aliphatic rings. The van der Waals surface area contributed by atoms with Gasteiger partial charge in [-0.3, -0.25) is 9.36 Å². The predicted octanol–water partition coefficient (Wildman–Crippen LogP) is 8.00. The van der Waals surface area contributed by atoms with Crippen molar-refractivity contribution in [2.75, 3.05) is 26.3 Å². The first-order chi connectivity index (χ1) is 22.8. The number of likely N-dealkylation sites (tertiary alicyclic amines) is 1. The van der Waals surface area contributed by atoms with Gasteiger partial charge in [0, 0.05) is 65.3 Å². The fourth-order valence-electron chi connectivity index (χ4n) is 8.03. The third-order valence-corrected chi connectivity index (χ3v) is 11.1. The Morgan fingerprint density at radius 1 is 1.06 bits per heavy atom. The average molecular weight is 656 g/mol. The quantitative estimate of drug-likeness (QED) is 0.165. The molecule has 0 bridgehead atoms.